The molecule has 1 aromatic rings. The Morgan fingerprint density at radius 3 is 2.59 bits per heavy atom. The van der Waals surface area contributed by atoms with E-state index in [1.54, 1.807) is 0 Å². The van der Waals surface area contributed by atoms with Crippen molar-refractivity contribution in [1.82, 2.24) is 9.88 Å². The van der Waals surface area contributed by atoms with E-state index in [4.69, 9.17) is 4.99 Å². The number of aromatic nitrogens is 1. The van der Waals surface area contributed by atoms with Crippen molar-refractivity contribution in [2.75, 3.05) is 37.6 Å². The zero-order valence-corrected chi connectivity index (χ0v) is 17.4. The summed E-state index contributed by atoms with van der Waals surface area (Å²) in [7, 11) is 0. The van der Waals surface area contributed by atoms with Gasteiger partial charge < -0.3 is 14.8 Å². The number of likely N-dealkylation sites (N-methyl/N-ethyl adjacent to an activating group) is 1. The minimum atomic E-state index is -0.0862. The Kier molecular flexibility index (Phi) is 5.49. The van der Waals surface area contributed by atoms with Gasteiger partial charge in [0.2, 0.25) is 0 Å². The summed E-state index contributed by atoms with van der Waals surface area (Å²) >= 11 is 0. The van der Waals surface area contributed by atoms with E-state index in [1.807, 2.05) is 37.3 Å². The van der Waals surface area contributed by atoms with E-state index in [2.05, 4.69) is 46.8 Å². The summed E-state index contributed by atoms with van der Waals surface area (Å²) in [5, 5.41) is 0. The first kappa shape index (κ1) is 19.4. The summed E-state index contributed by atoms with van der Waals surface area (Å²) in [6.45, 7) is 11.6. The topological polar surface area (TPSA) is 51.7 Å². The van der Waals surface area contributed by atoms with Crippen molar-refractivity contribution in [2.24, 2.45) is 4.99 Å². The Morgan fingerprint density at radius 1 is 1.07 bits per heavy atom. The number of piperazine rings is 1. The van der Waals surface area contributed by atoms with E-state index in [0.717, 1.165) is 60.9 Å². The van der Waals surface area contributed by atoms with Crippen LogP contribution in [0.1, 0.15) is 25.0 Å². The quantitative estimate of drug-likeness (QED) is 0.686. The van der Waals surface area contributed by atoms with E-state index < -0.39 is 0 Å². The monoisotopic (exact) mass is 388 g/mol. The van der Waals surface area contributed by atoms with Gasteiger partial charge in [0, 0.05) is 43.1 Å². The first-order valence-electron chi connectivity index (χ1n) is 10.3. The second kappa shape index (κ2) is 8.21. The fourth-order valence-corrected chi connectivity index (χ4v) is 4.01. The maximum Gasteiger partial charge on any atom is 0.258 e. The number of H-pyrrole nitrogens is 1. The first-order valence-corrected chi connectivity index (χ1v) is 10.3. The van der Waals surface area contributed by atoms with Gasteiger partial charge in [-0.1, -0.05) is 37.3 Å². The standard InChI is InChI=1S/C24H28N4O/c1-4-27-12-14-28(15-13-27)19-11-10-17(2)22(16-19)25-18(3)23-20-8-6-5-7-9-21(20)26-24(23)29/h5-11,16H,4,12-15H2,1-3H3,(H,26,29)/b25-18+. The molecule has 0 bridgehead atoms. The molecule has 4 rings (SSSR count). The molecule has 0 unspecified atom stereocenters. The summed E-state index contributed by atoms with van der Waals surface area (Å²) in [6, 6.07) is 16.2. The third-order valence-corrected chi connectivity index (χ3v) is 5.81. The number of fused-ring (bicyclic) bond motifs is 1. The maximum absolute atomic E-state index is 12.6. The number of hydrogen-bond donors (Lipinski definition) is 1. The van der Waals surface area contributed by atoms with E-state index in [9.17, 15) is 4.79 Å². The predicted octanol–water partition coefficient (Wildman–Crippen LogP) is 4.07. The lowest BCUT2D eigenvalue weighted by Gasteiger charge is -2.35. The molecular weight excluding hydrogens is 360 g/mol. The Hall–Kier alpha value is -2.92. The van der Waals surface area contributed by atoms with Crippen LogP contribution in [0.3, 0.4) is 0 Å². The van der Waals surface area contributed by atoms with E-state index in [1.165, 1.54) is 5.69 Å². The molecule has 3 aliphatic rings. The molecule has 0 spiro atoms. The van der Waals surface area contributed by atoms with Gasteiger partial charge in [-0.2, -0.15) is 0 Å². The first-order chi connectivity index (χ1) is 14.1. The smallest absolute Gasteiger partial charge is 0.258 e. The van der Waals surface area contributed by atoms with Crippen molar-refractivity contribution in [3.8, 4) is 11.3 Å². The van der Waals surface area contributed by atoms with Crippen LogP contribution in [0.2, 0.25) is 0 Å². The summed E-state index contributed by atoms with van der Waals surface area (Å²) in [5.74, 6) is 0. The molecule has 29 heavy (non-hydrogen) atoms. The number of hydrogen-bond acceptors (Lipinski definition) is 4. The highest BCUT2D eigenvalue weighted by Gasteiger charge is 2.18. The summed E-state index contributed by atoms with van der Waals surface area (Å²) in [5.41, 5.74) is 6.28. The zero-order valence-electron chi connectivity index (χ0n) is 17.4. The van der Waals surface area contributed by atoms with Gasteiger partial charge in [-0.15, -0.1) is 0 Å². The van der Waals surface area contributed by atoms with Crippen LogP contribution in [0.25, 0.3) is 11.3 Å². The van der Waals surface area contributed by atoms with Gasteiger partial charge in [-0.3, -0.25) is 9.79 Å². The Morgan fingerprint density at radius 2 is 1.83 bits per heavy atom. The van der Waals surface area contributed by atoms with Gasteiger partial charge in [0.05, 0.1) is 17.0 Å². The SMILES string of the molecule is CCN1CCN(c2ccc(C)c(/N=C(\C)c3c4cccccc-4[nH]c3=O)c2)CC1. The van der Waals surface area contributed by atoms with Crippen molar-refractivity contribution in [3.05, 3.63) is 70.0 Å². The van der Waals surface area contributed by atoms with Crippen molar-refractivity contribution in [1.29, 1.82) is 0 Å². The number of nitrogens with zero attached hydrogens (tertiary/aromatic N) is 3. The number of rotatable bonds is 4. The van der Waals surface area contributed by atoms with Crippen LogP contribution >= 0.6 is 0 Å². The molecule has 2 heterocycles. The number of benzene rings is 1. The van der Waals surface area contributed by atoms with Crippen molar-refractivity contribution in [2.45, 2.75) is 20.8 Å². The fraction of sp³-hybridized carbons (Fsp3) is 0.333. The lowest BCUT2D eigenvalue weighted by atomic mass is 10.1. The number of anilines is 1. The molecule has 1 N–H and O–H groups in total. The molecule has 1 aromatic carbocycles. The van der Waals surface area contributed by atoms with Crippen LogP contribution in [0.15, 0.2) is 58.3 Å². The Bertz CT molecular complexity index is 1060. The number of aromatic amines is 1. The molecule has 0 atom stereocenters. The van der Waals surface area contributed by atoms with Gasteiger partial charge in [-0.05, 0) is 44.2 Å². The summed E-state index contributed by atoms with van der Waals surface area (Å²) in [4.78, 5) is 25.3. The molecule has 5 heteroatoms. The molecule has 150 valence electrons. The number of aliphatic imine (C=N–C) groups is 1. The second-order valence-corrected chi connectivity index (χ2v) is 7.66. The van der Waals surface area contributed by atoms with E-state index >= 15 is 0 Å². The van der Waals surface area contributed by atoms with Crippen LogP contribution in [0.4, 0.5) is 11.4 Å². The van der Waals surface area contributed by atoms with Gasteiger partial charge >= 0.3 is 0 Å². The normalized spacial score (nSPS) is 15.8. The van der Waals surface area contributed by atoms with Gasteiger partial charge in [-0.25, -0.2) is 0 Å². The highest BCUT2D eigenvalue weighted by Crippen LogP contribution is 2.28. The summed E-state index contributed by atoms with van der Waals surface area (Å²) in [6.07, 6.45) is 0. The molecule has 1 aliphatic carbocycles. The molecule has 0 amide bonds. The predicted molar refractivity (Wildman–Crippen MR) is 121 cm³/mol. The molecule has 5 nitrogen and oxygen atoms in total. The molecule has 0 aromatic heterocycles. The Balaban J connectivity index is 1.67. The van der Waals surface area contributed by atoms with Crippen LogP contribution in [0, 0.1) is 6.92 Å². The molecule has 0 radical (unpaired) electrons. The highest BCUT2D eigenvalue weighted by molar-refractivity contribution is 6.05. The number of nitrogens with one attached hydrogen (secondary N) is 1. The minimum Gasteiger partial charge on any atom is -0.369 e. The van der Waals surface area contributed by atoms with Gasteiger partial charge in [0.15, 0.2) is 0 Å². The average Bonchev–Trinajstić information content (AvgIpc) is 2.88. The Labute approximate surface area is 172 Å². The third-order valence-electron chi connectivity index (χ3n) is 5.81. The van der Waals surface area contributed by atoms with Crippen LogP contribution in [0.5, 0.6) is 0 Å². The van der Waals surface area contributed by atoms with Crippen molar-refractivity contribution >= 4 is 17.1 Å². The van der Waals surface area contributed by atoms with Crippen molar-refractivity contribution in [3.63, 3.8) is 0 Å². The van der Waals surface area contributed by atoms with E-state index in [-0.39, 0.29) is 5.56 Å². The van der Waals surface area contributed by atoms with Crippen LogP contribution in [-0.2, 0) is 0 Å². The van der Waals surface area contributed by atoms with Crippen LogP contribution in [-0.4, -0.2) is 48.3 Å². The van der Waals surface area contributed by atoms with Gasteiger partial charge in [0.1, 0.15) is 0 Å². The third kappa shape index (κ3) is 3.96. The molecule has 0 saturated carbocycles. The average molecular weight is 389 g/mol. The van der Waals surface area contributed by atoms with E-state index in [0.29, 0.717) is 5.56 Å². The largest absolute Gasteiger partial charge is 0.369 e. The lowest BCUT2D eigenvalue weighted by Crippen LogP contribution is -2.46. The number of aryl methyl sites for hydroxylation is 1. The molecule has 1 fully saturated rings. The van der Waals surface area contributed by atoms with Crippen LogP contribution < -0.4 is 10.5 Å². The fourth-order valence-electron chi connectivity index (χ4n) is 4.01. The molecule has 1 saturated heterocycles. The van der Waals surface area contributed by atoms with Crippen molar-refractivity contribution < 1.29 is 0 Å². The molecule has 2 aliphatic heterocycles. The maximum atomic E-state index is 12.6. The molecular formula is C24H28N4O. The summed E-state index contributed by atoms with van der Waals surface area (Å²) < 4.78 is 0. The lowest BCUT2D eigenvalue weighted by molar-refractivity contribution is 0.271. The minimum absolute atomic E-state index is 0.0862. The highest BCUT2D eigenvalue weighted by atomic mass is 16.1. The second-order valence-electron chi connectivity index (χ2n) is 7.66. The zero-order chi connectivity index (χ0) is 20.4. The van der Waals surface area contributed by atoms with Gasteiger partial charge in [0.25, 0.3) is 5.56 Å².